The number of oxime groups is 1. The first-order valence-electron chi connectivity index (χ1n) is 7.78. The van der Waals surface area contributed by atoms with Crippen LogP contribution in [-0.2, 0) is 9.63 Å². The summed E-state index contributed by atoms with van der Waals surface area (Å²) in [5.41, 5.74) is -0.868. The third kappa shape index (κ3) is 3.07. The van der Waals surface area contributed by atoms with Gasteiger partial charge < -0.3 is 9.94 Å². The number of halogens is 1. The van der Waals surface area contributed by atoms with E-state index >= 15 is 0 Å². The fourth-order valence-corrected chi connectivity index (χ4v) is 3.04. The van der Waals surface area contributed by atoms with Crippen molar-refractivity contribution >= 4 is 28.8 Å². The smallest absolute Gasteiger partial charge is 0.275 e. The lowest BCUT2D eigenvalue weighted by molar-refractivity contribution is -0.386. The molecule has 8 heteroatoms. The van der Waals surface area contributed by atoms with E-state index in [2.05, 4.69) is 5.16 Å². The normalized spacial score (nSPS) is 20.2. The number of nitro groups is 1. The van der Waals surface area contributed by atoms with Crippen LogP contribution in [0.25, 0.3) is 0 Å². The van der Waals surface area contributed by atoms with E-state index in [4.69, 9.17) is 16.4 Å². The van der Waals surface area contributed by atoms with E-state index in [0.29, 0.717) is 16.3 Å². The van der Waals surface area contributed by atoms with Gasteiger partial charge in [0.1, 0.15) is 6.10 Å². The lowest BCUT2D eigenvalue weighted by Crippen LogP contribution is -2.44. The minimum atomic E-state index is -1.72. The van der Waals surface area contributed by atoms with Crippen molar-refractivity contribution in [3.8, 4) is 0 Å². The van der Waals surface area contributed by atoms with Gasteiger partial charge in [-0.3, -0.25) is 14.9 Å². The summed E-state index contributed by atoms with van der Waals surface area (Å²) in [5, 5.41) is 26.6. The molecule has 2 aromatic carbocycles. The number of ketones is 1. The number of hydrogen-bond donors (Lipinski definition) is 1. The quantitative estimate of drug-likeness (QED) is 0.638. The predicted molar refractivity (Wildman–Crippen MR) is 95.2 cm³/mol. The molecule has 0 radical (unpaired) electrons. The van der Waals surface area contributed by atoms with Gasteiger partial charge in [0.15, 0.2) is 5.78 Å². The van der Waals surface area contributed by atoms with Crippen molar-refractivity contribution in [1.82, 2.24) is 0 Å². The first kappa shape index (κ1) is 18.0. The van der Waals surface area contributed by atoms with Gasteiger partial charge in [0.05, 0.1) is 16.2 Å². The highest BCUT2D eigenvalue weighted by Gasteiger charge is 2.52. The highest BCUT2D eigenvalue weighted by Crippen LogP contribution is 2.41. The van der Waals surface area contributed by atoms with E-state index in [1.165, 1.54) is 25.1 Å². The number of Topliss-reactive ketones (excluding diaryl/α,β-unsaturated/α-hetero) is 1. The van der Waals surface area contributed by atoms with Gasteiger partial charge in [-0.05, 0) is 30.7 Å². The summed E-state index contributed by atoms with van der Waals surface area (Å²) >= 11 is 5.87. The molecule has 1 aliphatic rings. The van der Waals surface area contributed by atoms with Crippen LogP contribution in [0.4, 0.5) is 5.69 Å². The van der Waals surface area contributed by atoms with Crippen LogP contribution in [0, 0.1) is 10.1 Å². The van der Waals surface area contributed by atoms with E-state index in [-0.39, 0.29) is 17.7 Å². The zero-order chi connectivity index (χ0) is 18.9. The Labute approximate surface area is 154 Å². The molecule has 0 aliphatic carbocycles. The number of aliphatic hydroxyl groups excluding tert-OH is 1. The van der Waals surface area contributed by atoms with E-state index in [1.54, 1.807) is 30.3 Å². The minimum Gasteiger partial charge on any atom is -0.383 e. The Morgan fingerprint density at radius 3 is 2.58 bits per heavy atom. The number of benzene rings is 2. The summed E-state index contributed by atoms with van der Waals surface area (Å²) in [6.07, 6.45) is -1.56. The molecule has 0 aromatic heterocycles. The molecule has 3 rings (SSSR count). The summed E-state index contributed by atoms with van der Waals surface area (Å²) in [5.74, 6) is -0.476. The number of rotatable bonds is 5. The average Bonchev–Trinajstić information content (AvgIpc) is 3.08. The summed E-state index contributed by atoms with van der Waals surface area (Å²) in [7, 11) is 0. The molecule has 0 spiro atoms. The number of nitrogens with zero attached hydrogens (tertiary/aromatic N) is 2. The molecule has 0 fully saturated rings. The number of carbonyl (C=O) groups excluding carboxylic acids is 1. The van der Waals surface area contributed by atoms with E-state index in [0.717, 1.165) is 0 Å². The Kier molecular flexibility index (Phi) is 4.76. The zero-order valence-electron chi connectivity index (χ0n) is 13.8. The molecule has 0 saturated heterocycles. The maximum atomic E-state index is 12.3. The van der Waals surface area contributed by atoms with Crippen molar-refractivity contribution in [1.29, 1.82) is 0 Å². The van der Waals surface area contributed by atoms with Crippen molar-refractivity contribution < 1.29 is 19.7 Å². The van der Waals surface area contributed by atoms with Gasteiger partial charge in [-0.25, -0.2) is 0 Å². The molecule has 1 N–H and O–H groups in total. The first-order valence-corrected chi connectivity index (χ1v) is 8.16. The highest BCUT2D eigenvalue weighted by atomic mass is 35.5. The van der Waals surface area contributed by atoms with Crippen LogP contribution in [0.1, 0.15) is 30.6 Å². The van der Waals surface area contributed by atoms with Gasteiger partial charge in [-0.1, -0.05) is 41.0 Å². The molecular weight excluding hydrogens is 360 g/mol. The van der Waals surface area contributed by atoms with Gasteiger partial charge in [-0.2, -0.15) is 0 Å². The van der Waals surface area contributed by atoms with Crippen molar-refractivity contribution in [2.24, 2.45) is 5.16 Å². The minimum absolute atomic E-state index is 0.000237. The number of para-hydroxylation sites is 1. The molecular formula is C18H15ClN2O5. The van der Waals surface area contributed by atoms with Crippen LogP contribution in [0.3, 0.4) is 0 Å². The van der Waals surface area contributed by atoms with Crippen LogP contribution < -0.4 is 0 Å². The summed E-state index contributed by atoms with van der Waals surface area (Å²) < 4.78 is 0. The Hall–Kier alpha value is -2.77. The van der Waals surface area contributed by atoms with Crippen molar-refractivity contribution in [3.05, 3.63) is 74.8 Å². The zero-order valence-corrected chi connectivity index (χ0v) is 14.5. The summed E-state index contributed by atoms with van der Waals surface area (Å²) in [6, 6.07) is 12.5. The van der Waals surface area contributed by atoms with Crippen molar-refractivity contribution in [2.75, 3.05) is 0 Å². The van der Waals surface area contributed by atoms with Crippen LogP contribution in [0.5, 0.6) is 0 Å². The molecule has 2 atom stereocenters. The lowest BCUT2D eigenvalue weighted by Gasteiger charge is -2.29. The van der Waals surface area contributed by atoms with Crippen molar-refractivity contribution in [2.45, 2.75) is 25.0 Å². The second-order valence-corrected chi connectivity index (χ2v) is 6.41. The molecule has 0 amide bonds. The topological polar surface area (TPSA) is 102 Å². The number of aliphatic hydroxyl groups is 1. The molecule has 2 aromatic rings. The third-order valence-corrected chi connectivity index (χ3v) is 4.64. The van der Waals surface area contributed by atoms with E-state index < -0.39 is 22.4 Å². The van der Waals surface area contributed by atoms with E-state index in [1.807, 2.05) is 0 Å². The number of hydrogen-bond acceptors (Lipinski definition) is 6. The van der Waals surface area contributed by atoms with Gasteiger partial charge in [0, 0.05) is 17.5 Å². The summed E-state index contributed by atoms with van der Waals surface area (Å²) in [4.78, 5) is 28.4. The Bertz CT molecular complexity index is 897. The Morgan fingerprint density at radius 2 is 1.96 bits per heavy atom. The van der Waals surface area contributed by atoms with Gasteiger partial charge in [0.2, 0.25) is 5.60 Å². The largest absolute Gasteiger partial charge is 0.383 e. The van der Waals surface area contributed by atoms with Gasteiger partial charge in [0.25, 0.3) is 5.69 Å². The van der Waals surface area contributed by atoms with Gasteiger partial charge in [-0.15, -0.1) is 0 Å². The third-order valence-electron chi connectivity index (χ3n) is 4.39. The summed E-state index contributed by atoms with van der Waals surface area (Å²) in [6.45, 7) is 1.26. The molecule has 2 unspecified atom stereocenters. The fraction of sp³-hybridized carbons (Fsp3) is 0.222. The fourth-order valence-electron chi connectivity index (χ4n) is 2.91. The van der Waals surface area contributed by atoms with Crippen LogP contribution in [0.2, 0.25) is 5.02 Å². The molecule has 26 heavy (non-hydrogen) atoms. The predicted octanol–water partition coefficient (Wildman–Crippen LogP) is 3.43. The van der Waals surface area contributed by atoms with Crippen LogP contribution in [0.15, 0.2) is 53.7 Å². The lowest BCUT2D eigenvalue weighted by atomic mass is 9.82. The molecule has 7 nitrogen and oxygen atoms in total. The molecule has 134 valence electrons. The second-order valence-electron chi connectivity index (χ2n) is 5.98. The Balaban J connectivity index is 1.97. The number of nitro benzene ring substituents is 1. The molecule has 0 saturated carbocycles. The van der Waals surface area contributed by atoms with Crippen LogP contribution >= 0.6 is 11.6 Å². The maximum Gasteiger partial charge on any atom is 0.275 e. The van der Waals surface area contributed by atoms with E-state index in [9.17, 15) is 20.0 Å². The maximum absolute atomic E-state index is 12.3. The average molecular weight is 375 g/mol. The monoisotopic (exact) mass is 374 g/mol. The second kappa shape index (κ2) is 6.86. The number of carbonyl (C=O) groups is 1. The Morgan fingerprint density at radius 1 is 1.31 bits per heavy atom. The van der Waals surface area contributed by atoms with Gasteiger partial charge >= 0.3 is 0 Å². The SMILES string of the molecule is CC(=O)C1(C(O)c2ccccc2[N+](=O)[O-])CC(c2ccc(Cl)cc2)=NO1. The van der Waals surface area contributed by atoms with Crippen molar-refractivity contribution in [3.63, 3.8) is 0 Å². The standard InChI is InChI=1S/C18H15ClN2O5/c1-11(22)18(17(23)14-4-2-3-5-16(14)21(24)25)10-15(20-26-18)12-6-8-13(19)9-7-12/h2-9,17,23H,10H2,1H3. The first-order chi connectivity index (χ1) is 12.3. The molecule has 1 heterocycles. The molecule has 1 aliphatic heterocycles. The molecule has 0 bridgehead atoms. The highest BCUT2D eigenvalue weighted by molar-refractivity contribution is 6.30. The van der Waals surface area contributed by atoms with Crippen LogP contribution in [-0.4, -0.2) is 27.1 Å².